The predicted octanol–water partition coefficient (Wildman–Crippen LogP) is 4.60. The maximum atomic E-state index is 12.8. The van der Waals surface area contributed by atoms with Crippen molar-refractivity contribution < 1.29 is 4.79 Å². The van der Waals surface area contributed by atoms with E-state index >= 15 is 0 Å². The molecule has 3 rings (SSSR count). The Morgan fingerprint density at radius 3 is 2.42 bits per heavy atom. The van der Waals surface area contributed by atoms with Gasteiger partial charge in [-0.25, -0.2) is 0 Å². The van der Waals surface area contributed by atoms with Crippen molar-refractivity contribution in [3.8, 4) is 0 Å². The van der Waals surface area contributed by atoms with Gasteiger partial charge in [-0.15, -0.1) is 24.2 Å². The first-order chi connectivity index (χ1) is 12.0. The topological polar surface area (TPSA) is 46.3 Å². The molecule has 5 heteroatoms. The summed E-state index contributed by atoms with van der Waals surface area (Å²) in [4.78, 5) is 15.9. The molecule has 26 heavy (non-hydrogen) atoms. The van der Waals surface area contributed by atoms with Crippen molar-refractivity contribution in [2.75, 3.05) is 13.1 Å². The molecule has 1 aliphatic heterocycles. The van der Waals surface area contributed by atoms with Crippen LogP contribution in [-0.4, -0.2) is 29.9 Å². The van der Waals surface area contributed by atoms with Crippen LogP contribution in [0.15, 0.2) is 59.5 Å². The third kappa shape index (κ3) is 5.03. The monoisotopic (exact) mass is 390 g/mol. The zero-order valence-corrected chi connectivity index (χ0v) is 17.0. The lowest BCUT2D eigenvalue weighted by atomic mass is 9.79. The summed E-state index contributed by atoms with van der Waals surface area (Å²) >= 11 is 1.79. The normalized spacial score (nSPS) is 18.9. The van der Waals surface area contributed by atoms with Gasteiger partial charge in [0.15, 0.2) is 0 Å². The number of piperidine rings is 1. The van der Waals surface area contributed by atoms with E-state index in [1.54, 1.807) is 11.8 Å². The smallest absolute Gasteiger partial charge is 0.253 e. The summed E-state index contributed by atoms with van der Waals surface area (Å²) < 4.78 is 0. The Bertz CT molecular complexity index is 719. The molecule has 3 nitrogen and oxygen atoms in total. The number of carbonyl (C=O) groups excluding carboxylic acids is 1. The van der Waals surface area contributed by atoms with Gasteiger partial charge in [-0.3, -0.25) is 4.79 Å². The van der Waals surface area contributed by atoms with Crippen LogP contribution in [0.25, 0.3) is 0 Å². The van der Waals surface area contributed by atoms with Gasteiger partial charge in [-0.2, -0.15) is 0 Å². The number of hydrogen-bond acceptors (Lipinski definition) is 3. The van der Waals surface area contributed by atoms with Gasteiger partial charge in [0.1, 0.15) is 0 Å². The SMILES string of the molecule is CC1(C)CN(C(=O)c2ccc(SCc3ccccc3)cc2)CCC1N.Cl. The average Bonchev–Trinajstić information content (AvgIpc) is 2.63. The molecule has 2 aromatic carbocycles. The second-order valence-corrected chi connectivity index (χ2v) is 8.46. The molecular formula is C21H27ClN2OS. The van der Waals surface area contributed by atoms with E-state index in [1.165, 1.54) is 10.5 Å². The molecule has 2 N–H and O–H groups in total. The van der Waals surface area contributed by atoms with E-state index in [4.69, 9.17) is 5.73 Å². The van der Waals surface area contributed by atoms with E-state index in [2.05, 4.69) is 38.1 Å². The lowest BCUT2D eigenvalue weighted by Crippen LogP contribution is -2.53. The van der Waals surface area contributed by atoms with Crippen molar-refractivity contribution in [3.63, 3.8) is 0 Å². The molecular weight excluding hydrogens is 364 g/mol. The van der Waals surface area contributed by atoms with Crippen LogP contribution >= 0.6 is 24.2 Å². The third-order valence-corrected chi connectivity index (χ3v) is 6.03. The van der Waals surface area contributed by atoms with Crippen LogP contribution in [-0.2, 0) is 5.75 Å². The highest BCUT2D eigenvalue weighted by atomic mass is 35.5. The molecule has 1 unspecified atom stereocenters. The molecule has 0 aliphatic carbocycles. The van der Waals surface area contributed by atoms with Crippen molar-refractivity contribution in [2.24, 2.45) is 11.1 Å². The highest BCUT2D eigenvalue weighted by Crippen LogP contribution is 2.29. The van der Waals surface area contributed by atoms with Crippen molar-refractivity contribution in [3.05, 3.63) is 65.7 Å². The van der Waals surface area contributed by atoms with E-state index in [1.807, 2.05) is 35.2 Å². The average molecular weight is 391 g/mol. The first kappa shape index (κ1) is 20.8. The van der Waals surface area contributed by atoms with Crippen LogP contribution in [0.2, 0.25) is 0 Å². The van der Waals surface area contributed by atoms with Crippen molar-refractivity contribution in [1.82, 2.24) is 4.90 Å². The predicted molar refractivity (Wildman–Crippen MR) is 112 cm³/mol. The summed E-state index contributed by atoms with van der Waals surface area (Å²) in [5, 5.41) is 0. The molecule has 0 radical (unpaired) electrons. The molecule has 1 atom stereocenters. The standard InChI is InChI=1S/C21H26N2OS.ClH/c1-21(2)15-23(13-12-19(21)22)20(24)17-8-10-18(11-9-17)25-14-16-6-4-3-5-7-16;/h3-11,19H,12-15,22H2,1-2H3;1H. The summed E-state index contributed by atoms with van der Waals surface area (Å²) in [6.45, 7) is 5.74. The Morgan fingerprint density at radius 1 is 1.15 bits per heavy atom. The largest absolute Gasteiger partial charge is 0.338 e. The lowest BCUT2D eigenvalue weighted by Gasteiger charge is -2.42. The Labute approximate surface area is 166 Å². The summed E-state index contributed by atoms with van der Waals surface area (Å²) in [6.07, 6.45) is 0.865. The van der Waals surface area contributed by atoms with Gasteiger partial charge >= 0.3 is 0 Å². The number of hydrogen-bond donors (Lipinski definition) is 1. The van der Waals surface area contributed by atoms with Gasteiger partial charge < -0.3 is 10.6 Å². The minimum absolute atomic E-state index is 0. The first-order valence-corrected chi connectivity index (χ1v) is 9.76. The van der Waals surface area contributed by atoms with Crippen molar-refractivity contribution >= 4 is 30.1 Å². The fourth-order valence-electron chi connectivity index (χ4n) is 3.16. The van der Waals surface area contributed by atoms with Crippen LogP contribution in [0.3, 0.4) is 0 Å². The zero-order chi connectivity index (χ0) is 17.9. The highest BCUT2D eigenvalue weighted by Gasteiger charge is 2.35. The Morgan fingerprint density at radius 2 is 1.81 bits per heavy atom. The molecule has 1 saturated heterocycles. The summed E-state index contributed by atoms with van der Waals surface area (Å²) in [5.74, 6) is 1.05. The van der Waals surface area contributed by atoms with Crippen LogP contribution in [0.4, 0.5) is 0 Å². The number of benzene rings is 2. The van der Waals surface area contributed by atoms with E-state index in [9.17, 15) is 4.79 Å². The summed E-state index contributed by atoms with van der Waals surface area (Å²) in [6, 6.07) is 18.5. The molecule has 0 saturated carbocycles. The fraction of sp³-hybridized carbons (Fsp3) is 0.381. The van der Waals surface area contributed by atoms with Crippen LogP contribution in [0.5, 0.6) is 0 Å². The first-order valence-electron chi connectivity index (χ1n) is 8.77. The number of thioether (sulfide) groups is 1. The zero-order valence-electron chi connectivity index (χ0n) is 15.4. The number of carbonyl (C=O) groups is 1. The fourth-order valence-corrected chi connectivity index (χ4v) is 4.02. The van der Waals surface area contributed by atoms with E-state index < -0.39 is 0 Å². The summed E-state index contributed by atoms with van der Waals surface area (Å²) in [7, 11) is 0. The van der Waals surface area contributed by atoms with Gasteiger partial charge in [0, 0.05) is 35.3 Å². The molecule has 0 spiro atoms. The van der Waals surface area contributed by atoms with Gasteiger partial charge in [-0.1, -0.05) is 44.2 Å². The molecule has 1 heterocycles. The molecule has 1 fully saturated rings. The van der Waals surface area contributed by atoms with Gasteiger partial charge in [-0.05, 0) is 41.7 Å². The van der Waals surface area contributed by atoms with Gasteiger partial charge in [0.05, 0.1) is 0 Å². The number of likely N-dealkylation sites (tertiary alicyclic amines) is 1. The highest BCUT2D eigenvalue weighted by molar-refractivity contribution is 7.98. The lowest BCUT2D eigenvalue weighted by molar-refractivity contribution is 0.0533. The second kappa shape index (κ2) is 8.94. The molecule has 140 valence electrons. The number of amides is 1. The molecule has 1 aliphatic rings. The van der Waals surface area contributed by atoms with Gasteiger partial charge in [0.2, 0.25) is 0 Å². The third-order valence-electron chi connectivity index (χ3n) is 4.95. The van der Waals surface area contributed by atoms with Crippen LogP contribution in [0.1, 0.15) is 36.2 Å². The second-order valence-electron chi connectivity index (χ2n) is 7.41. The number of halogens is 1. The van der Waals surface area contributed by atoms with E-state index in [0.717, 1.165) is 30.8 Å². The Kier molecular flexibility index (Phi) is 7.16. The van der Waals surface area contributed by atoms with E-state index in [0.29, 0.717) is 0 Å². The van der Waals surface area contributed by atoms with Crippen molar-refractivity contribution in [1.29, 1.82) is 0 Å². The quantitative estimate of drug-likeness (QED) is 0.776. The van der Waals surface area contributed by atoms with E-state index in [-0.39, 0.29) is 29.8 Å². The number of rotatable bonds is 4. The minimum Gasteiger partial charge on any atom is -0.338 e. The maximum absolute atomic E-state index is 12.8. The molecule has 2 aromatic rings. The van der Waals surface area contributed by atoms with Crippen molar-refractivity contribution in [2.45, 2.75) is 37.0 Å². The van der Waals surface area contributed by atoms with Gasteiger partial charge in [0.25, 0.3) is 5.91 Å². The minimum atomic E-state index is -0.0284. The van der Waals surface area contributed by atoms with Crippen LogP contribution < -0.4 is 5.73 Å². The molecule has 0 aromatic heterocycles. The summed E-state index contributed by atoms with van der Waals surface area (Å²) in [5.41, 5.74) is 8.21. The number of nitrogens with zero attached hydrogens (tertiary/aromatic N) is 1. The van der Waals surface area contributed by atoms with Crippen LogP contribution in [0, 0.1) is 5.41 Å². The molecule has 1 amide bonds. The Balaban J connectivity index is 0.00000243. The Hall–Kier alpha value is -1.49. The number of nitrogens with two attached hydrogens (primary N) is 1. The molecule has 0 bridgehead atoms. The maximum Gasteiger partial charge on any atom is 0.253 e.